The highest BCUT2D eigenvalue weighted by Gasteiger charge is 2.11. The first-order valence-electron chi connectivity index (χ1n) is 5.56. The number of aryl methyl sites for hydroxylation is 2. The molecule has 0 saturated carbocycles. The van der Waals surface area contributed by atoms with E-state index in [0.29, 0.717) is 5.41 Å². The topological polar surface area (TPSA) is 9.23 Å². The van der Waals surface area contributed by atoms with E-state index in [1.165, 1.54) is 17.5 Å². The van der Waals surface area contributed by atoms with Crippen molar-refractivity contribution in [3.8, 4) is 5.75 Å². The Morgan fingerprint density at radius 1 is 1.20 bits per heavy atom. The highest BCUT2D eigenvalue weighted by Crippen LogP contribution is 2.24. The van der Waals surface area contributed by atoms with Gasteiger partial charge in [-0.25, -0.2) is 0 Å². The molecule has 1 nitrogen and oxygen atoms in total. The molecule has 84 valence electrons. The van der Waals surface area contributed by atoms with Crippen molar-refractivity contribution < 1.29 is 4.74 Å². The maximum absolute atomic E-state index is 5.24. The molecule has 0 aliphatic heterocycles. The minimum absolute atomic E-state index is 0.398. The molecule has 1 rings (SSSR count). The summed E-state index contributed by atoms with van der Waals surface area (Å²) in [6, 6.07) is 6.31. The van der Waals surface area contributed by atoms with Gasteiger partial charge in [0.05, 0.1) is 7.11 Å². The van der Waals surface area contributed by atoms with Crippen molar-refractivity contribution in [1.82, 2.24) is 0 Å². The van der Waals surface area contributed by atoms with Crippen LogP contribution in [-0.4, -0.2) is 7.11 Å². The van der Waals surface area contributed by atoms with Crippen molar-refractivity contribution in [3.05, 3.63) is 29.3 Å². The summed E-state index contributed by atoms with van der Waals surface area (Å²) >= 11 is 0. The maximum Gasteiger partial charge on any atom is 0.119 e. The Bertz CT molecular complexity index is 321. The second-order valence-corrected chi connectivity index (χ2v) is 5.35. The van der Waals surface area contributed by atoms with E-state index in [4.69, 9.17) is 4.74 Å². The molecule has 0 radical (unpaired) electrons. The molecule has 0 N–H and O–H groups in total. The third kappa shape index (κ3) is 3.94. The lowest BCUT2D eigenvalue weighted by Crippen LogP contribution is -2.07. The van der Waals surface area contributed by atoms with Crippen molar-refractivity contribution in [1.29, 1.82) is 0 Å². The zero-order chi connectivity index (χ0) is 11.5. The van der Waals surface area contributed by atoms with Crippen molar-refractivity contribution in [3.63, 3.8) is 0 Å². The molecule has 0 heterocycles. The van der Waals surface area contributed by atoms with E-state index >= 15 is 0 Å². The van der Waals surface area contributed by atoms with Crippen molar-refractivity contribution >= 4 is 0 Å². The second kappa shape index (κ2) is 4.69. The fourth-order valence-electron chi connectivity index (χ4n) is 1.55. The minimum Gasteiger partial charge on any atom is -0.497 e. The van der Waals surface area contributed by atoms with Gasteiger partial charge in [-0.1, -0.05) is 26.8 Å². The number of rotatable bonds is 3. The van der Waals surface area contributed by atoms with Crippen molar-refractivity contribution in [2.75, 3.05) is 7.11 Å². The van der Waals surface area contributed by atoms with Gasteiger partial charge in [-0.2, -0.15) is 0 Å². The smallest absolute Gasteiger partial charge is 0.119 e. The average molecular weight is 206 g/mol. The first-order chi connectivity index (χ1) is 6.92. The van der Waals surface area contributed by atoms with Crippen LogP contribution in [0, 0.1) is 12.3 Å². The predicted octanol–water partition coefficient (Wildman–Crippen LogP) is 3.98. The molecule has 0 unspecified atom stereocenters. The first-order valence-corrected chi connectivity index (χ1v) is 5.56. The molecule has 0 atom stereocenters. The second-order valence-electron chi connectivity index (χ2n) is 5.35. The van der Waals surface area contributed by atoms with E-state index in [-0.39, 0.29) is 0 Å². The summed E-state index contributed by atoms with van der Waals surface area (Å²) in [5, 5.41) is 0. The lowest BCUT2D eigenvalue weighted by Gasteiger charge is -2.18. The largest absolute Gasteiger partial charge is 0.497 e. The summed E-state index contributed by atoms with van der Waals surface area (Å²) in [6.45, 7) is 9.00. The summed E-state index contributed by atoms with van der Waals surface area (Å²) in [5.74, 6) is 0.963. The summed E-state index contributed by atoms with van der Waals surface area (Å²) < 4.78 is 5.24. The maximum atomic E-state index is 5.24. The molecule has 0 aromatic heterocycles. The highest BCUT2D eigenvalue weighted by atomic mass is 16.5. The number of hydrogen-bond donors (Lipinski definition) is 0. The van der Waals surface area contributed by atoms with Crippen LogP contribution in [0.15, 0.2) is 18.2 Å². The Labute approximate surface area is 93.5 Å². The van der Waals surface area contributed by atoms with Crippen LogP contribution in [0.4, 0.5) is 0 Å². The van der Waals surface area contributed by atoms with Gasteiger partial charge in [-0.15, -0.1) is 0 Å². The van der Waals surface area contributed by atoms with Gasteiger partial charge >= 0.3 is 0 Å². The monoisotopic (exact) mass is 206 g/mol. The molecule has 0 fully saturated rings. The molecule has 1 aromatic rings. The standard InChI is InChI=1S/C14H22O/c1-11-6-7-13(15-5)10-12(11)8-9-14(2,3)4/h6-7,10H,8-9H2,1-5H3. The summed E-state index contributed by atoms with van der Waals surface area (Å²) in [7, 11) is 1.72. The fraction of sp³-hybridized carbons (Fsp3) is 0.571. The first kappa shape index (κ1) is 12.1. The van der Waals surface area contributed by atoms with Crippen LogP contribution in [-0.2, 0) is 6.42 Å². The molecule has 0 bridgehead atoms. The molecular formula is C14H22O. The van der Waals surface area contributed by atoms with Gasteiger partial charge < -0.3 is 4.74 Å². The van der Waals surface area contributed by atoms with Gasteiger partial charge in [0.1, 0.15) is 5.75 Å². The Morgan fingerprint density at radius 2 is 1.87 bits per heavy atom. The van der Waals surface area contributed by atoms with E-state index in [2.05, 4.69) is 39.8 Å². The molecule has 0 aliphatic carbocycles. The van der Waals surface area contributed by atoms with Crippen LogP contribution in [0.3, 0.4) is 0 Å². The van der Waals surface area contributed by atoms with Crippen LogP contribution < -0.4 is 4.74 Å². The van der Waals surface area contributed by atoms with Gasteiger partial charge in [-0.05, 0) is 48.4 Å². The van der Waals surface area contributed by atoms with Gasteiger partial charge in [-0.3, -0.25) is 0 Å². The number of ether oxygens (including phenoxy) is 1. The van der Waals surface area contributed by atoms with Gasteiger partial charge in [0.25, 0.3) is 0 Å². The molecule has 0 spiro atoms. The average Bonchev–Trinajstić information content (AvgIpc) is 2.15. The number of methoxy groups -OCH3 is 1. The summed E-state index contributed by atoms with van der Waals surface area (Å²) in [4.78, 5) is 0. The third-order valence-corrected chi connectivity index (χ3v) is 2.70. The minimum atomic E-state index is 0.398. The van der Waals surface area contributed by atoms with Gasteiger partial charge in [0.2, 0.25) is 0 Å². The molecule has 0 aliphatic rings. The van der Waals surface area contributed by atoms with Crippen LogP contribution in [0.25, 0.3) is 0 Å². The zero-order valence-electron chi connectivity index (χ0n) is 10.6. The lowest BCUT2D eigenvalue weighted by molar-refractivity contribution is 0.376. The Hall–Kier alpha value is -0.980. The molecule has 1 heteroatoms. The SMILES string of the molecule is COc1ccc(C)c(CCC(C)(C)C)c1. The number of hydrogen-bond acceptors (Lipinski definition) is 1. The lowest BCUT2D eigenvalue weighted by atomic mass is 9.88. The normalized spacial score (nSPS) is 11.5. The Kier molecular flexibility index (Phi) is 3.78. The van der Waals surface area contributed by atoms with Crippen molar-refractivity contribution in [2.24, 2.45) is 5.41 Å². The van der Waals surface area contributed by atoms with E-state index < -0.39 is 0 Å². The van der Waals surface area contributed by atoms with E-state index in [1.807, 2.05) is 6.07 Å². The van der Waals surface area contributed by atoms with Crippen molar-refractivity contribution in [2.45, 2.75) is 40.5 Å². The highest BCUT2D eigenvalue weighted by molar-refractivity contribution is 5.34. The van der Waals surface area contributed by atoms with Gasteiger partial charge in [0, 0.05) is 0 Å². The molecule has 0 saturated heterocycles. The Balaban J connectivity index is 2.75. The molecular weight excluding hydrogens is 184 g/mol. The summed E-state index contributed by atoms with van der Waals surface area (Å²) in [6.07, 6.45) is 2.34. The van der Waals surface area contributed by atoms with Gasteiger partial charge in [0.15, 0.2) is 0 Å². The number of benzene rings is 1. The summed E-state index contributed by atoms with van der Waals surface area (Å²) in [5.41, 5.74) is 3.17. The fourth-order valence-corrected chi connectivity index (χ4v) is 1.55. The van der Waals surface area contributed by atoms with Crippen LogP contribution in [0.1, 0.15) is 38.3 Å². The predicted molar refractivity (Wildman–Crippen MR) is 65.5 cm³/mol. The molecule has 1 aromatic carbocycles. The van der Waals surface area contributed by atoms with Crippen LogP contribution >= 0.6 is 0 Å². The Morgan fingerprint density at radius 3 is 2.40 bits per heavy atom. The molecule has 15 heavy (non-hydrogen) atoms. The zero-order valence-corrected chi connectivity index (χ0v) is 10.6. The van der Waals surface area contributed by atoms with E-state index in [1.54, 1.807) is 7.11 Å². The third-order valence-electron chi connectivity index (χ3n) is 2.70. The molecule has 0 amide bonds. The van der Waals surface area contributed by atoms with Crippen LogP contribution in [0.5, 0.6) is 5.75 Å². The van der Waals surface area contributed by atoms with E-state index in [9.17, 15) is 0 Å². The quantitative estimate of drug-likeness (QED) is 0.726. The van der Waals surface area contributed by atoms with E-state index in [0.717, 1.165) is 12.2 Å². The van der Waals surface area contributed by atoms with Crippen LogP contribution in [0.2, 0.25) is 0 Å².